The molecule has 0 atom stereocenters. The van der Waals surface area contributed by atoms with Gasteiger partial charge in [-0.1, -0.05) is 18.2 Å². The first-order valence-corrected chi connectivity index (χ1v) is 10.2. The molecule has 0 bridgehead atoms. The third-order valence-electron chi connectivity index (χ3n) is 3.98. The van der Waals surface area contributed by atoms with Crippen molar-refractivity contribution in [1.29, 1.82) is 0 Å². The minimum absolute atomic E-state index is 0.265. The highest BCUT2D eigenvalue weighted by molar-refractivity contribution is 7.14. The van der Waals surface area contributed by atoms with Crippen LogP contribution in [0.15, 0.2) is 63.3 Å². The highest BCUT2D eigenvalue weighted by Crippen LogP contribution is 2.33. The Balaban J connectivity index is 1.79. The number of hydrogen-bond donors (Lipinski definition) is 0. The third kappa shape index (κ3) is 3.74. The number of fused-ring (bicyclic) bond motifs is 1. The Morgan fingerprint density at radius 1 is 1.19 bits per heavy atom. The summed E-state index contributed by atoms with van der Waals surface area (Å²) < 4.78 is 12.8. The molecule has 0 amide bonds. The number of thiophene rings is 1. The van der Waals surface area contributed by atoms with Crippen LogP contribution >= 0.6 is 22.7 Å². The summed E-state index contributed by atoms with van der Waals surface area (Å²) in [6.07, 6.45) is 0. The van der Waals surface area contributed by atoms with Crippen LogP contribution in [0.2, 0.25) is 0 Å². The van der Waals surface area contributed by atoms with E-state index in [0.717, 1.165) is 43.7 Å². The number of ether oxygens (including phenoxy) is 2. The van der Waals surface area contributed by atoms with Crippen LogP contribution in [-0.2, 0) is 0 Å². The topological polar surface area (TPSA) is 48.1 Å². The molecule has 0 aliphatic carbocycles. The van der Waals surface area contributed by atoms with Crippen LogP contribution < -0.4 is 14.3 Å². The summed E-state index contributed by atoms with van der Waals surface area (Å²) in [5, 5.41) is 9.04. The molecular formula is C20H19N3O2S2. The molecule has 1 aliphatic heterocycles. The van der Waals surface area contributed by atoms with Crippen molar-refractivity contribution >= 4 is 28.4 Å². The Kier molecular flexibility index (Phi) is 4.96. The molecule has 0 fully saturated rings. The molecular weight excluding hydrogens is 378 g/mol. The van der Waals surface area contributed by atoms with Gasteiger partial charge >= 0.3 is 0 Å². The van der Waals surface area contributed by atoms with Gasteiger partial charge in [0.15, 0.2) is 11.5 Å². The van der Waals surface area contributed by atoms with Crippen LogP contribution in [0.1, 0.15) is 19.4 Å². The maximum Gasteiger partial charge on any atom is 0.231 e. The van der Waals surface area contributed by atoms with E-state index >= 15 is 0 Å². The van der Waals surface area contributed by atoms with Gasteiger partial charge in [-0.3, -0.25) is 4.99 Å². The summed E-state index contributed by atoms with van der Waals surface area (Å²) in [5.74, 6) is 1.52. The molecule has 7 heteroatoms. The summed E-state index contributed by atoms with van der Waals surface area (Å²) in [7, 11) is 0. The van der Waals surface area contributed by atoms with Crippen LogP contribution in [0.3, 0.4) is 0 Å². The second-order valence-corrected chi connectivity index (χ2v) is 8.00. The second kappa shape index (κ2) is 7.54. The fraction of sp³-hybridized carbons (Fsp3) is 0.200. The van der Waals surface area contributed by atoms with Gasteiger partial charge in [-0.25, -0.2) is 4.68 Å². The zero-order valence-electron chi connectivity index (χ0n) is 15.1. The average molecular weight is 398 g/mol. The zero-order valence-corrected chi connectivity index (χ0v) is 16.8. The summed E-state index contributed by atoms with van der Waals surface area (Å²) in [6.45, 7) is 8.76. The van der Waals surface area contributed by atoms with Crippen molar-refractivity contribution in [3.63, 3.8) is 0 Å². The van der Waals surface area contributed by atoms with E-state index in [2.05, 4.69) is 28.4 Å². The first-order valence-electron chi connectivity index (χ1n) is 8.47. The van der Waals surface area contributed by atoms with Crippen molar-refractivity contribution in [3.8, 4) is 22.1 Å². The second-order valence-electron chi connectivity index (χ2n) is 6.22. The van der Waals surface area contributed by atoms with Gasteiger partial charge in [0, 0.05) is 10.9 Å². The number of nitrogens with zero attached hydrogens (tertiary/aromatic N) is 3. The molecule has 0 unspecified atom stereocenters. The summed E-state index contributed by atoms with van der Waals surface area (Å²) in [6, 6.07) is 10.0. The Bertz CT molecular complexity index is 1080. The zero-order chi connectivity index (χ0) is 18.8. The quantitative estimate of drug-likeness (QED) is 0.460. The molecule has 5 nitrogen and oxygen atoms in total. The average Bonchev–Trinajstić information content (AvgIpc) is 3.39. The van der Waals surface area contributed by atoms with E-state index in [9.17, 15) is 0 Å². The maximum atomic E-state index is 5.49. The normalized spacial score (nSPS) is 14.0. The van der Waals surface area contributed by atoms with Crippen molar-refractivity contribution in [2.75, 3.05) is 13.3 Å². The third-order valence-corrected chi connectivity index (χ3v) is 5.73. The molecule has 138 valence electrons. The first kappa shape index (κ1) is 17.8. The van der Waals surface area contributed by atoms with E-state index in [-0.39, 0.29) is 6.79 Å². The van der Waals surface area contributed by atoms with Crippen molar-refractivity contribution in [3.05, 3.63) is 63.6 Å². The van der Waals surface area contributed by atoms with E-state index < -0.39 is 0 Å². The standard InChI is InChI=1S/C20H19N3O2S2/c1-13(2)10-21-20-23(16(11-27-20)19-5-4-8-26-19)22-14(3)15-6-7-17-18(9-15)25-12-24-17/h4-9,11H,1,10,12H2,2-3H3. The van der Waals surface area contributed by atoms with E-state index in [0.29, 0.717) is 6.54 Å². The van der Waals surface area contributed by atoms with Crippen molar-refractivity contribution in [2.24, 2.45) is 10.1 Å². The lowest BCUT2D eigenvalue weighted by Gasteiger charge is -2.06. The van der Waals surface area contributed by atoms with Gasteiger partial charge in [-0.15, -0.1) is 22.7 Å². The lowest BCUT2D eigenvalue weighted by Crippen LogP contribution is -2.14. The highest BCUT2D eigenvalue weighted by atomic mass is 32.1. The Morgan fingerprint density at radius 3 is 2.81 bits per heavy atom. The SMILES string of the molecule is C=C(C)CN=c1scc(-c2cccs2)n1N=C(C)c1ccc2c(c1)OCO2. The summed E-state index contributed by atoms with van der Waals surface area (Å²) in [4.78, 5) is 6.68. The minimum atomic E-state index is 0.265. The van der Waals surface area contributed by atoms with Gasteiger partial charge in [0.05, 0.1) is 22.8 Å². The van der Waals surface area contributed by atoms with E-state index in [1.165, 1.54) is 0 Å². The van der Waals surface area contributed by atoms with Crippen LogP contribution in [0.25, 0.3) is 10.6 Å². The molecule has 4 rings (SSSR count). The predicted octanol–water partition coefficient (Wildman–Crippen LogP) is 4.76. The Morgan fingerprint density at radius 2 is 2.04 bits per heavy atom. The fourth-order valence-corrected chi connectivity index (χ4v) is 4.25. The number of aromatic nitrogens is 1. The smallest absolute Gasteiger partial charge is 0.231 e. The fourth-order valence-electron chi connectivity index (χ4n) is 2.63. The number of thiazole rings is 1. The number of benzene rings is 1. The van der Waals surface area contributed by atoms with Gasteiger partial charge in [0.2, 0.25) is 11.6 Å². The molecule has 3 heterocycles. The molecule has 1 aliphatic rings. The molecule has 3 aromatic rings. The molecule has 0 spiro atoms. The number of hydrogen-bond acceptors (Lipinski definition) is 6. The Hall–Kier alpha value is -2.64. The van der Waals surface area contributed by atoms with Crippen LogP contribution in [0.4, 0.5) is 0 Å². The monoisotopic (exact) mass is 397 g/mol. The summed E-state index contributed by atoms with van der Waals surface area (Å²) in [5.41, 5.74) is 3.92. The van der Waals surface area contributed by atoms with Crippen molar-refractivity contribution in [2.45, 2.75) is 13.8 Å². The molecule has 0 N–H and O–H groups in total. The molecule has 0 radical (unpaired) electrons. The van der Waals surface area contributed by atoms with Crippen LogP contribution in [-0.4, -0.2) is 23.7 Å². The highest BCUT2D eigenvalue weighted by Gasteiger charge is 2.15. The van der Waals surface area contributed by atoms with Gasteiger partial charge < -0.3 is 9.47 Å². The minimum Gasteiger partial charge on any atom is -0.454 e. The molecule has 0 saturated heterocycles. The lowest BCUT2D eigenvalue weighted by atomic mass is 10.1. The van der Waals surface area contributed by atoms with Crippen LogP contribution in [0, 0.1) is 0 Å². The lowest BCUT2D eigenvalue weighted by molar-refractivity contribution is 0.174. The van der Waals surface area contributed by atoms with E-state index in [4.69, 9.17) is 14.6 Å². The van der Waals surface area contributed by atoms with Gasteiger partial charge in [0.1, 0.15) is 0 Å². The van der Waals surface area contributed by atoms with Crippen LogP contribution in [0.5, 0.6) is 11.5 Å². The van der Waals surface area contributed by atoms with E-state index in [1.54, 1.807) is 22.7 Å². The molecule has 27 heavy (non-hydrogen) atoms. The Labute approximate surface area is 165 Å². The van der Waals surface area contributed by atoms with Gasteiger partial charge in [-0.05, 0) is 43.5 Å². The van der Waals surface area contributed by atoms with Crippen molar-refractivity contribution < 1.29 is 9.47 Å². The van der Waals surface area contributed by atoms with Gasteiger partial charge in [-0.2, -0.15) is 5.10 Å². The largest absolute Gasteiger partial charge is 0.454 e. The first-order chi connectivity index (χ1) is 13.1. The summed E-state index contributed by atoms with van der Waals surface area (Å²) >= 11 is 3.27. The molecule has 0 saturated carbocycles. The van der Waals surface area contributed by atoms with E-state index in [1.807, 2.05) is 42.8 Å². The molecule has 2 aromatic heterocycles. The van der Waals surface area contributed by atoms with Gasteiger partial charge in [0.25, 0.3) is 0 Å². The van der Waals surface area contributed by atoms with Crippen molar-refractivity contribution in [1.82, 2.24) is 4.68 Å². The number of rotatable bonds is 5. The predicted molar refractivity (Wildman–Crippen MR) is 111 cm³/mol. The maximum absolute atomic E-state index is 5.49. The molecule has 1 aromatic carbocycles.